The van der Waals surface area contributed by atoms with Crippen LogP contribution in [0.4, 0.5) is 13.2 Å². The molecule has 4 nitrogen and oxygen atoms in total. The van der Waals surface area contributed by atoms with E-state index in [9.17, 15) is 18.0 Å². The zero-order chi connectivity index (χ0) is 20.1. The predicted molar refractivity (Wildman–Crippen MR) is 104 cm³/mol. The highest BCUT2D eigenvalue weighted by Crippen LogP contribution is 2.32. The van der Waals surface area contributed by atoms with Crippen LogP contribution in [0.5, 0.6) is 0 Å². The van der Waals surface area contributed by atoms with Gasteiger partial charge in [-0.15, -0.1) is 0 Å². The smallest absolute Gasteiger partial charge is 0.266 e. The molecular weight excluding hydrogens is 435 g/mol. The van der Waals surface area contributed by atoms with Gasteiger partial charge < -0.3 is 0 Å². The number of halogens is 4. The standard InChI is InChI=1S/C20H13BrF3N3O/c1-12-18(21)19(28)27-17(25-12)11-16(13-6-3-2-4-7-13)26(27)15-9-5-8-14(10-15)20(22,23)24/h2-11H,1H3. The number of alkyl halides is 3. The van der Waals surface area contributed by atoms with E-state index in [1.807, 2.05) is 30.3 Å². The second-order valence-corrected chi connectivity index (χ2v) is 7.03. The van der Waals surface area contributed by atoms with E-state index in [1.165, 1.54) is 21.3 Å². The first kappa shape index (κ1) is 18.5. The maximum Gasteiger partial charge on any atom is 0.416 e. The second-order valence-electron chi connectivity index (χ2n) is 6.24. The van der Waals surface area contributed by atoms with Crippen molar-refractivity contribution in [3.8, 4) is 16.9 Å². The Hall–Kier alpha value is -2.87. The van der Waals surface area contributed by atoms with Crippen LogP contribution < -0.4 is 5.56 Å². The third-order valence-corrected chi connectivity index (χ3v) is 5.29. The average Bonchev–Trinajstić information content (AvgIpc) is 3.05. The minimum absolute atomic E-state index is 0.211. The first-order valence-electron chi connectivity index (χ1n) is 8.31. The van der Waals surface area contributed by atoms with Crippen molar-refractivity contribution in [2.45, 2.75) is 13.1 Å². The molecular formula is C20H13BrF3N3O. The lowest BCUT2D eigenvalue weighted by Gasteiger charge is -2.14. The quantitative estimate of drug-likeness (QED) is 0.421. The van der Waals surface area contributed by atoms with Gasteiger partial charge in [-0.3, -0.25) is 4.79 Å². The van der Waals surface area contributed by atoms with Gasteiger partial charge in [-0.2, -0.15) is 17.7 Å². The molecule has 0 aliphatic rings. The Morgan fingerprint density at radius 3 is 2.39 bits per heavy atom. The highest BCUT2D eigenvalue weighted by atomic mass is 79.9. The summed E-state index contributed by atoms with van der Waals surface area (Å²) in [6, 6.07) is 15.7. The second kappa shape index (κ2) is 6.63. The van der Waals surface area contributed by atoms with Crippen molar-refractivity contribution < 1.29 is 13.2 Å². The molecule has 0 fully saturated rings. The van der Waals surface area contributed by atoms with Gasteiger partial charge in [-0.05, 0) is 41.1 Å². The van der Waals surface area contributed by atoms with Crippen LogP contribution in [-0.4, -0.2) is 14.2 Å². The molecule has 0 saturated carbocycles. The summed E-state index contributed by atoms with van der Waals surface area (Å²) >= 11 is 3.23. The lowest BCUT2D eigenvalue weighted by atomic mass is 10.1. The summed E-state index contributed by atoms with van der Waals surface area (Å²) in [4.78, 5) is 17.3. The van der Waals surface area contributed by atoms with Crippen LogP contribution >= 0.6 is 15.9 Å². The summed E-state index contributed by atoms with van der Waals surface area (Å²) < 4.78 is 42.7. The van der Waals surface area contributed by atoms with E-state index in [4.69, 9.17) is 0 Å². The number of nitrogens with zero attached hydrogens (tertiary/aromatic N) is 3. The first-order valence-corrected chi connectivity index (χ1v) is 9.10. The van der Waals surface area contributed by atoms with Crippen molar-refractivity contribution in [1.82, 2.24) is 14.2 Å². The van der Waals surface area contributed by atoms with Crippen LogP contribution in [0.25, 0.3) is 22.6 Å². The first-order chi connectivity index (χ1) is 13.3. The van der Waals surface area contributed by atoms with Crippen LogP contribution in [0, 0.1) is 6.92 Å². The summed E-state index contributed by atoms with van der Waals surface area (Å²) in [6.07, 6.45) is -4.49. The zero-order valence-electron chi connectivity index (χ0n) is 14.5. The Kier molecular flexibility index (Phi) is 4.38. The Morgan fingerprint density at radius 1 is 1.00 bits per heavy atom. The maximum atomic E-state index is 13.2. The fraction of sp³-hybridized carbons (Fsp3) is 0.100. The van der Waals surface area contributed by atoms with E-state index in [1.54, 1.807) is 13.0 Å². The topological polar surface area (TPSA) is 39.3 Å². The Bertz CT molecular complexity index is 1240. The Morgan fingerprint density at radius 2 is 1.71 bits per heavy atom. The van der Waals surface area contributed by atoms with Crippen LogP contribution in [0.3, 0.4) is 0 Å². The van der Waals surface area contributed by atoms with Crippen molar-refractivity contribution in [3.63, 3.8) is 0 Å². The van der Waals surface area contributed by atoms with Crippen molar-refractivity contribution in [2.75, 3.05) is 0 Å². The third-order valence-electron chi connectivity index (χ3n) is 4.38. The van der Waals surface area contributed by atoms with Gasteiger partial charge in [0.25, 0.3) is 5.56 Å². The van der Waals surface area contributed by atoms with Gasteiger partial charge in [0.15, 0.2) is 5.65 Å². The zero-order valence-corrected chi connectivity index (χ0v) is 16.1. The van der Waals surface area contributed by atoms with Gasteiger partial charge in [0, 0.05) is 11.6 Å². The lowest BCUT2D eigenvalue weighted by Crippen LogP contribution is -2.23. The van der Waals surface area contributed by atoms with Gasteiger partial charge >= 0.3 is 6.18 Å². The third kappa shape index (κ3) is 3.03. The minimum Gasteiger partial charge on any atom is -0.266 e. The van der Waals surface area contributed by atoms with Crippen LogP contribution in [0.15, 0.2) is 69.9 Å². The normalized spacial score (nSPS) is 11.9. The summed E-state index contributed by atoms with van der Waals surface area (Å²) in [5.41, 5.74) is 1.18. The number of aryl methyl sites for hydroxylation is 1. The molecule has 0 radical (unpaired) electrons. The number of fused-ring (bicyclic) bond motifs is 1. The van der Waals surface area contributed by atoms with Gasteiger partial charge in [0.1, 0.15) is 4.47 Å². The van der Waals surface area contributed by atoms with Gasteiger partial charge in [0.2, 0.25) is 0 Å². The fourth-order valence-electron chi connectivity index (χ4n) is 3.08. The average molecular weight is 448 g/mol. The van der Waals surface area contributed by atoms with E-state index < -0.39 is 17.3 Å². The van der Waals surface area contributed by atoms with Crippen molar-refractivity contribution >= 4 is 21.6 Å². The van der Waals surface area contributed by atoms with Crippen molar-refractivity contribution in [1.29, 1.82) is 0 Å². The molecule has 4 rings (SSSR count). The Balaban J connectivity index is 2.12. The lowest BCUT2D eigenvalue weighted by molar-refractivity contribution is -0.137. The number of hydrogen-bond acceptors (Lipinski definition) is 2. The van der Waals surface area contributed by atoms with Crippen molar-refractivity contribution in [2.24, 2.45) is 0 Å². The molecule has 142 valence electrons. The molecule has 4 aromatic rings. The molecule has 0 N–H and O–H groups in total. The molecule has 2 aromatic heterocycles. The summed E-state index contributed by atoms with van der Waals surface area (Å²) in [7, 11) is 0. The summed E-state index contributed by atoms with van der Waals surface area (Å²) in [5.74, 6) is 0. The van der Waals surface area contributed by atoms with Crippen LogP contribution in [0.1, 0.15) is 11.3 Å². The van der Waals surface area contributed by atoms with E-state index in [0.717, 1.165) is 17.7 Å². The highest BCUT2D eigenvalue weighted by molar-refractivity contribution is 9.10. The van der Waals surface area contributed by atoms with E-state index in [-0.39, 0.29) is 10.2 Å². The predicted octanol–water partition coefficient (Wildman–Crippen LogP) is 5.24. The molecule has 0 aliphatic heterocycles. The molecule has 0 atom stereocenters. The molecule has 8 heteroatoms. The van der Waals surface area contributed by atoms with Gasteiger partial charge in [0.05, 0.1) is 22.6 Å². The summed E-state index contributed by atoms with van der Waals surface area (Å²) in [5, 5.41) is 0. The molecule has 0 amide bonds. The van der Waals surface area contributed by atoms with E-state index in [2.05, 4.69) is 20.9 Å². The van der Waals surface area contributed by atoms with Gasteiger partial charge in [-0.1, -0.05) is 36.4 Å². The van der Waals surface area contributed by atoms with E-state index >= 15 is 0 Å². The van der Waals surface area contributed by atoms with E-state index in [0.29, 0.717) is 17.0 Å². The summed E-state index contributed by atoms with van der Waals surface area (Å²) in [6.45, 7) is 1.69. The molecule has 0 saturated heterocycles. The Labute approximate surface area is 166 Å². The molecule has 2 heterocycles. The molecule has 0 aliphatic carbocycles. The highest BCUT2D eigenvalue weighted by Gasteiger charge is 2.31. The molecule has 28 heavy (non-hydrogen) atoms. The van der Waals surface area contributed by atoms with Crippen molar-refractivity contribution in [3.05, 3.63) is 86.7 Å². The van der Waals surface area contributed by atoms with Crippen LogP contribution in [-0.2, 0) is 6.18 Å². The fourth-order valence-corrected chi connectivity index (χ4v) is 3.34. The molecule has 2 aromatic carbocycles. The minimum atomic E-state index is -4.49. The largest absolute Gasteiger partial charge is 0.416 e. The SMILES string of the molecule is Cc1nc2cc(-c3ccccc3)n(-c3cccc(C(F)(F)F)c3)n2c(=O)c1Br. The van der Waals surface area contributed by atoms with Crippen LogP contribution in [0.2, 0.25) is 0 Å². The van der Waals surface area contributed by atoms with Gasteiger partial charge in [-0.25, -0.2) is 9.67 Å². The number of aromatic nitrogens is 3. The number of hydrogen-bond donors (Lipinski definition) is 0. The number of rotatable bonds is 2. The maximum absolute atomic E-state index is 13.2. The molecule has 0 unspecified atom stereocenters. The molecule has 0 bridgehead atoms. The number of benzene rings is 2. The molecule has 0 spiro atoms. The monoisotopic (exact) mass is 447 g/mol.